The van der Waals surface area contributed by atoms with Gasteiger partial charge in [0.25, 0.3) is 0 Å². The van der Waals surface area contributed by atoms with Crippen LogP contribution in [0.3, 0.4) is 0 Å². The Hall–Kier alpha value is -1.65. The number of primary amides is 1. The topological polar surface area (TPSA) is 59.2 Å². The van der Waals surface area contributed by atoms with Gasteiger partial charge < -0.3 is 10.6 Å². The maximum absolute atomic E-state index is 13.7. The highest BCUT2D eigenvalue weighted by Crippen LogP contribution is 2.27. The minimum absolute atomic E-state index is 0.176. The van der Waals surface area contributed by atoms with Gasteiger partial charge in [-0.3, -0.25) is 4.79 Å². The summed E-state index contributed by atoms with van der Waals surface area (Å²) in [4.78, 5) is 17.1. The molecule has 5 heteroatoms. The fraction of sp³-hybridized carbons (Fsp3) is 0.500. The molecule has 1 saturated heterocycles. The normalized spacial score (nSPS) is 24.7. The molecule has 1 aromatic heterocycles. The van der Waals surface area contributed by atoms with Crippen LogP contribution in [0.25, 0.3) is 0 Å². The van der Waals surface area contributed by atoms with Crippen LogP contribution in [0.5, 0.6) is 0 Å². The average Bonchev–Trinajstić information content (AvgIpc) is 2.30. The first-order valence-corrected chi connectivity index (χ1v) is 5.76. The van der Waals surface area contributed by atoms with Crippen molar-refractivity contribution in [1.82, 2.24) is 4.98 Å². The van der Waals surface area contributed by atoms with Crippen molar-refractivity contribution in [2.24, 2.45) is 11.7 Å². The monoisotopic (exact) mass is 237 g/mol. The standard InChI is InChI=1S/C12H16FN3O/c1-8-4-5-9(11(14)17)7-16(8)12-10(13)3-2-6-15-12/h2-3,6,8-9H,4-5,7H2,1H3,(H2,14,17). The number of pyridine rings is 1. The lowest BCUT2D eigenvalue weighted by atomic mass is 9.93. The number of anilines is 1. The molecule has 2 unspecified atom stereocenters. The molecule has 0 bridgehead atoms. The van der Waals surface area contributed by atoms with Crippen LogP contribution in [-0.4, -0.2) is 23.5 Å². The molecule has 2 rings (SSSR count). The summed E-state index contributed by atoms with van der Waals surface area (Å²) in [7, 11) is 0. The molecule has 0 saturated carbocycles. The Labute approximate surface area is 99.6 Å². The summed E-state index contributed by atoms with van der Waals surface area (Å²) in [6.07, 6.45) is 3.14. The van der Waals surface area contributed by atoms with E-state index >= 15 is 0 Å². The molecule has 1 aliphatic rings. The highest BCUT2D eigenvalue weighted by molar-refractivity contribution is 5.77. The molecule has 1 amide bonds. The number of nitrogens with zero attached hydrogens (tertiary/aromatic N) is 2. The third kappa shape index (κ3) is 2.38. The van der Waals surface area contributed by atoms with E-state index in [0.717, 1.165) is 12.8 Å². The van der Waals surface area contributed by atoms with Crippen molar-refractivity contribution in [2.75, 3.05) is 11.4 Å². The Kier molecular flexibility index (Phi) is 3.26. The van der Waals surface area contributed by atoms with Crippen LogP contribution in [0.2, 0.25) is 0 Å². The van der Waals surface area contributed by atoms with Gasteiger partial charge in [0.15, 0.2) is 11.6 Å². The summed E-state index contributed by atoms with van der Waals surface area (Å²) in [6, 6.07) is 3.11. The Morgan fingerprint density at radius 1 is 1.59 bits per heavy atom. The van der Waals surface area contributed by atoms with Crippen LogP contribution in [-0.2, 0) is 4.79 Å². The highest BCUT2D eigenvalue weighted by atomic mass is 19.1. The van der Waals surface area contributed by atoms with Crippen molar-refractivity contribution in [2.45, 2.75) is 25.8 Å². The van der Waals surface area contributed by atoms with E-state index in [1.54, 1.807) is 12.3 Å². The maximum atomic E-state index is 13.7. The third-order valence-corrected chi connectivity index (χ3v) is 3.30. The molecule has 4 nitrogen and oxygen atoms in total. The first-order valence-electron chi connectivity index (χ1n) is 5.76. The molecule has 2 heterocycles. The number of nitrogens with two attached hydrogens (primary N) is 1. The molecular formula is C12H16FN3O. The minimum Gasteiger partial charge on any atom is -0.369 e. The predicted molar refractivity (Wildman–Crippen MR) is 62.9 cm³/mol. The van der Waals surface area contributed by atoms with Crippen LogP contribution in [0.4, 0.5) is 10.2 Å². The Balaban J connectivity index is 2.24. The molecule has 92 valence electrons. The van der Waals surface area contributed by atoms with E-state index in [1.165, 1.54) is 6.07 Å². The molecule has 1 aromatic rings. The zero-order chi connectivity index (χ0) is 12.4. The highest BCUT2D eigenvalue weighted by Gasteiger charge is 2.30. The summed E-state index contributed by atoms with van der Waals surface area (Å²) in [5, 5.41) is 0. The molecule has 0 aromatic carbocycles. The van der Waals surface area contributed by atoms with Crippen LogP contribution < -0.4 is 10.6 Å². The second-order valence-electron chi connectivity index (χ2n) is 4.49. The largest absolute Gasteiger partial charge is 0.369 e. The van der Waals surface area contributed by atoms with E-state index in [9.17, 15) is 9.18 Å². The lowest BCUT2D eigenvalue weighted by Gasteiger charge is -2.37. The smallest absolute Gasteiger partial charge is 0.222 e. The number of piperidine rings is 1. The van der Waals surface area contributed by atoms with Crippen LogP contribution >= 0.6 is 0 Å². The summed E-state index contributed by atoms with van der Waals surface area (Å²) in [5.41, 5.74) is 5.31. The van der Waals surface area contributed by atoms with E-state index in [4.69, 9.17) is 5.73 Å². The van der Waals surface area contributed by atoms with Crippen molar-refractivity contribution in [3.05, 3.63) is 24.1 Å². The van der Waals surface area contributed by atoms with E-state index in [-0.39, 0.29) is 23.7 Å². The Morgan fingerprint density at radius 2 is 2.35 bits per heavy atom. The van der Waals surface area contributed by atoms with E-state index < -0.39 is 0 Å². The number of carbonyl (C=O) groups excluding carboxylic acids is 1. The van der Waals surface area contributed by atoms with Gasteiger partial charge in [-0.05, 0) is 31.9 Å². The van der Waals surface area contributed by atoms with Gasteiger partial charge in [-0.2, -0.15) is 0 Å². The molecule has 0 aliphatic carbocycles. The first-order chi connectivity index (χ1) is 8.09. The van der Waals surface area contributed by atoms with E-state index in [2.05, 4.69) is 4.98 Å². The predicted octanol–water partition coefficient (Wildman–Crippen LogP) is 1.31. The second-order valence-corrected chi connectivity index (χ2v) is 4.49. The lowest BCUT2D eigenvalue weighted by Crippen LogP contribution is -2.46. The summed E-state index contributed by atoms with van der Waals surface area (Å²) in [5.74, 6) is -0.582. The van der Waals surface area contributed by atoms with Crippen LogP contribution in [0.15, 0.2) is 18.3 Å². The number of rotatable bonds is 2. The molecule has 1 fully saturated rings. The Bertz CT molecular complexity index is 424. The van der Waals surface area contributed by atoms with Gasteiger partial charge in [0.2, 0.25) is 5.91 Å². The van der Waals surface area contributed by atoms with Crippen LogP contribution in [0, 0.1) is 11.7 Å². The van der Waals surface area contributed by atoms with Gasteiger partial charge in [0.05, 0.1) is 5.92 Å². The number of carbonyl (C=O) groups is 1. The molecule has 1 aliphatic heterocycles. The number of amides is 1. The number of aromatic nitrogens is 1. The molecular weight excluding hydrogens is 221 g/mol. The van der Waals surface area contributed by atoms with Gasteiger partial charge >= 0.3 is 0 Å². The number of halogens is 1. The first kappa shape index (κ1) is 11.8. The Morgan fingerprint density at radius 3 is 3.00 bits per heavy atom. The van der Waals surface area contributed by atoms with Gasteiger partial charge in [-0.1, -0.05) is 0 Å². The second kappa shape index (κ2) is 4.69. The van der Waals surface area contributed by atoms with Crippen molar-refractivity contribution in [3.8, 4) is 0 Å². The summed E-state index contributed by atoms with van der Waals surface area (Å²) < 4.78 is 13.7. The SMILES string of the molecule is CC1CCC(C(N)=O)CN1c1ncccc1F. The van der Waals surface area contributed by atoms with Gasteiger partial charge in [-0.15, -0.1) is 0 Å². The molecule has 0 radical (unpaired) electrons. The van der Waals surface area contributed by atoms with E-state index in [1.807, 2.05) is 11.8 Å². The quantitative estimate of drug-likeness (QED) is 0.843. The van der Waals surface area contributed by atoms with Gasteiger partial charge in [-0.25, -0.2) is 9.37 Å². The molecule has 2 N–H and O–H groups in total. The lowest BCUT2D eigenvalue weighted by molar-refractivity contribution is -0.122. The average molecular weight is 237 g/mol. The van der Waals surface area contributed by atoms with Crippen LogP contribution in [0.1, 0.15) is 19.8 Å². The molecule has 0 spiro atoms. The van der Waals surface area contributed by atoms with Crippen molar-refractivity contribution < 1.29 is 9.18 Å². The third-order valence-electron chi connectivity index (χ3n) is 3.30. The molecule has 17 heavy (non-hydrogen) atoms. The minimum atomic E-state index is -0.357. The van der Waals surface area contributed by atoms with Crippen molar-refractivity contribution >= 4 is 11.7 Å². The fourth-order valence-electron chi connectivity index (χ4n) is 2.22. The maximum Gasteiger partial charge on any atom is 0.222 e. The summed E-state index contributed by atoms with van der Waals surface area (Å²) in [6.45, 7) is 2.45. The van der Waals surface area contributed by atoms with Crippen molar-refractivity contribution in [1.29, 1.82) is 0 Å². The van der Waals surface area contributed by atoms with Crippen molar-refractivity contribution in [3.63, 3.8) is 0 Å². The van der Waals surface area contributed by atoms with E-state index in [0.29, 0.717) is 12.4 Å². The zero-order valence-corrected chi connectivity index (χ0v) is 9.77. The molecule has 2 atom stereocenters. The van der Waals surface area contributed by atoms with Gasteiger partial charge in [0, 0.05) is 18.8 Å². The fourth-order valence-corrected chi connectivity index (χ4v) is 2.22. The zero-order valence-electron chi connectivity index (χ0n) is 9.77. The van der Waals surface area contributed by atoms with Gasteiger partial charge in [0.1, 0.15) is 0 Å². The summed E-state index contributed by atoms with van der Waals surface area (Å²) >= 11 is 0. The number of hydrogen-bond donors (Lipinski definition) is 1. The number of hydrogen-bond acceptors (Lipinski definition) is 3.